The van der Waals surface area contributed by atoms with Crippen molar-refractivity contribution < 1.29 is 0 Å². The fourth-order valence-corrected chi connectivity index (χ4v) is 3.14. The number of rotatable bonds is 5. The summed E-state index contributed by atoms with van der Waals surface area (Å²) in [6.07, 6.45) is 0.966. The van der Waals surface area contributed by atoms with Gasteiger partial charge in [0.2, 0.25) is 5.13 Å². The van der Waals surface area contributed by atoms with E-state index in [1.807, 2.05) is 6.07 Å². The fraction of sp³-hybridized carbons (Fsp3) is 0.455. The van der Waals surface area contributed by atoms with Crippen LogP contribution in [0.15, 0.2) is 12.1 Å². The molecule has 92 valence electrons. The average Bonchev–Trinajstić information content (AvgIpc) is 2.88. The molecular weight excluding hydrogens is 274 g/mol. The van der Waals surface area contributed by atoms with Crippen molar-refractivity contribution in [2.45, 2.75) is 26.2 Å². The maximum Gasteiger partial charge on any atom is 0.202 e. The number of hydrogen-bond donors (Lipinski definition) is 1. The summed E-state index contributed by atoms with van der Waals surface area (Å²) in [5.41, 5.74) is 0. The van der Waals surface area contributed by atoms with Gasteiger partial charge < -0.3 is 5.32 Å². The number of thiophene rings is 1. The summed E-state index contributed by atoms with van der Waals surface area (Å²) in [6, 6.07) is 4.00. The van der Waals surface area contributed by atoms with Gasteiger partial charge in [-0.25, -0.2) is 4.98 Å². The minimum Gasteiger partial charge on any atom is -0.360 e. The van der Waals surface area contributed by atoms with E-state index in [1.54, 1.807) is 11.3 Å². The first-order valence-corrected chi connectivity index (χ1v) is 7.43. The molecule has 0 saturated carbocycles. The molecule has 6 heteroatoms. The minimum absolute atomic E-state index is 0.387. The van der Waals surface area contributed by atoms with Gasteiger partial charge >= 0.3 is 0 Å². The first kappa shape index (κ1) is 12.8. The van der Waals surface area contributed by atoms with Crippen molar-refractivity contribution >= 4 is 39.6 Å². The first-order chi connectivity index (χ1) is 8.15. The Balaban J connectivity index is 1.81. The molecule has 0 unspecified atom stereocenters. The number of nitrogens with one attached hydrogen (secondary N) is 1. The van der Waals surface area contributed by atoms with Gasteiger partial charge in [-0.05, 0) is 18.6 Å². The van der Waals surface area contributed by atoms with Crippen LogP contribution >= 0.6 is 34.5 Å². The maximum absolute atomic E-state index is 5.87. The van der Waals surface area contributed by atoms with E-state index < -0.39 is 0 Å². The number of halogens is 1. The lowest BCUT2D eigenvalue weighted by Crippen LogP contribution is -2.03. The molecule has 0 aliphatic rings. The highest BCUT2D eigenvalue weighted by Crippen LogP contribution is 2.22. The Morgan fingerprint density at radius 2 is 2.24 bits per heavy atom. The average molecular weight is 288 g/mol. The van der Waals surface area contributed by atoms with E-state index in [4.69, 9.17) is 11.6 Å². The highest BCUT2D eigenvalue weighted by Gasteiger charge is 2.07. The zero-order chi connectivity index (χ0) is 12.3. The van der Waals surface area contributed by atoms with Gasteiger partial charge in [0.05, 0.1) is 4.34 Å². The van der Waals surface area contributed by atoms with Crippen LogP contribution in [0.4, 0.5) is 5.13 Å². The zero-order valence-corrected chi connectivity index (χ0v) is 12.1. The SMILES string of the molecule is CC(C)c1nsc(NCCc2ccc(Cl)s2)n1. The van der Waals surface area contributed by atoms with E-state index in [2.05, 4.69) is 34.6 Å². The van der Waals surface area contributed by atoms with Gasteiger partial charge in [-0.1, -0.05) is 25.4 Å². The molecule has 2 heterocycles. The molecule has 0 radical (unpaired) electrons. The quantitative estimate of drug-likeness (QED) is 0.902. The Morgan fingerprint density at radius 1 is 1.41 bits per heavy atom. The van der Waals surface area contributed by atoms with Gasteiger partial charge in [0, 0.05) is 28.9 Å². The van der Waals surface area contributed by atoms with Crippen molar-refractivity contribution in [3.05, 3.63) is 27.2 Å². The van der Waals surface area contributed by atoms with Crippen LogP contribution in [0.3, 0.4) is 0 Å². The van der Waals surface area contributed by atoms with Gasteiger partial charge in [-0.2, -0.15) is 4.37 Å². The van der Waals surface area contributed by atoms with Crippen LogP contribution in [-0.2, 0) is 6.42 Å². The Labute approximate surface area is 114 Å². The number of aromatic nitrogens is 2. The van der Waals surface area contributed by atoms with E-state index in [0.717, 1.165) is 28.3 Å². The molecule has 3 nitrogen and oxygen atoms in total. The fourth-order valence-electron chi connectivity index (χ4n) is 1.32. The van der Waals surface area contributed by atoms with Crippen LogP contribution in [0.1, 0.15) is 30.5 Å². The minimum atomic E-state index is 0.387. The Hall–Kier alpha value is -0.650. The van der Waals surface area contributed by atoms with Crippen molar-refractivity contribution in [3.63, 3.8) is 0 Å². The summed E-state index contributed by atoms with van der Waals surface area (Å²) < 4.78 is 5.14. The highest BCUT2D eigenvalue weighted by atomic mass is 35.5. The summed E-state index contributed by atoms with van der Waals surface area (Å²) in [7, 11) is 0. The number of hydrogen-bond acceptors (Lipinski definition) is 5. The van der Waals surface area contributed by atoms with E-state index >= 15 is 0 Å². The second-order valence-electron chi connectivity index (χ2n) is 4.00. The van der Waals surface area contributed by atoms with Crippen LogP contribution in [-0.4, -0.2) is 15.9 Å². The number of anilines is 1. The predicted molar refractivity (Wildman–Crippen MR) is 75.5 cm³/mol. The van der Waals surface area contributed by atoms with Gasteiger partial charge in [0.25, 0.3) is 0 Å². The molecule has 2 rings (SSSR count). The third-order valence-corrected chi connectivity index (χ3v) is 4.21. The molecule has 0 saturated heterocycles. The molecule has 0 atom stereocenters. The first-order valence-electron chi connectivity index (χ1n) is 5.47. The van der Waals surface area contributed by atoms with Crippen molar-refractivity contribution in [2.75, 3.05) is 11.9 Å². The molecule has 0 spiro atoms. The number of nitrogens with zero attached hydrogens (tertiary/aromatic N) is 2. The monoisotopic (exact) mass is 287 g/mol. The molecule has 2 aromatic heterocycles. The molecule has 1 N–H and O–H groups in total. The van der Waals surface area contributed by atoms with Gasteiger partial charge in [-0.3, -0.25) is 0 Å². The molecule has 2 aromatic rings. The largest absolute Gasteiger partial charge is 0.360 e. The smallest absolute Gasteiger partial charge is 0.202 e. The lowest BCUT2D eigenvalue weighted by molar-refractivity contribution is 0.799. The Bertz CT molecular complexity index is 479. The lowest BCUT2D eigenvalue weighted by atomic mass is 10.2. The van der Waals surface area contributed by atoms with Gasteiger partial charge in [0.1, 0.15) is 5.82 Å². The summed E-state index contributed by atoms with van der Waals surface area (Å²) in [4.78, 5) is 5.71. The van der Waals surface area contributed by atoms with Crippen molar-refractivity contribution in [2.24, 2.45) is 0 Å². The molecule has 0 fully saturated rings. The summed E-state index contributed by atoms with van der Waals surface area (Å²) in [5, 5.41) is 4.19. The standard InChI is InChI=1S/C11H14ClN3S2/c1-7(2)10-14-11(17-15-10)13-6-5-8-3-4-9(12)16-8/h3-4,7H,5-6H2,1-2H3,(H,13,14,15). The van der Waals surface area contributed by atoms with Gasteiger partial charge in [-0.15, -0.1) is 11.3 Å². The van der Waals surface area contributed by atoms with E-state index in [1.165, 1.54) is 16.4 Å². The molecule has 0 aliphatic carbocycles. The normalized spacial score (nSPS) is 11.1. The third-order valence-electron chi connectivity index (χ3n) is 2.23. The van der Waals surface area contributed by atoms with Crippen molar-refractivity contribution in [1.29, 1.82) is 0 Å². The Morgan fingerprint density at radius 3 is 2.82 bits per heavy atom. The summed E-state index contributed by atoms with van der Waals surface area (Å²) in [5.74, 6) is 1.30. The second-order valence-corrected chi connectivity index (χ2v) is 6.55. The van der Waals surface area contributed by atoms with Crippen molar-refractivity contribution in [1.82, 2.24) is 9.36 Å². The topological polar surface area (TPSA) is 37.8 Å². The highest BCUT2D eigenvalue weighted by molar-refractivity contribution is 7.16. The molecule has 17 heavy (non-hydrogen) atoms. The van der Waals surface area contributed by atoms with Crippen LogP contribution in [0, 0.1) is 0 Å². The van der Waals surface area contributed by atoms with Crippen molar-refractivity contribution in [3.8, 4) is 0 Å². The molecule has 0 aliphatic heterocycles. The molecular formula is C11H14ClN3S2. The van der Waals surface area contributed by atoms with E-state index in [-0.39, 0.29) is 0 Å². The van der Waals surface area contributed by atoms with Gasteiger partial charge in [0.15, 0.2) is 0 Å². The van der Waals surface area contributed by atoms with Crippen LogP contribution in [0.2, 0.25) is 4.34 Å². The zero-order valence-electron chi connectivity index (χ0n) is 9.74. The van der Waals surface area contributed by atoms with Crippen LogP contribution in [0.5, 0.6) is 0 Å². The van der Waals surface area contributed by atoms with Crippen LogP contribution < -0.4 is 5.32 Å². The molecule has 0 aromatic carbocycles. The second kappa shape index (κ2) is 5.80. The Kier molecular flexibility index (Phi) is 4.36. The van der Waals surface area contributed by atoms with Crippen LogP contribution in [0.25, 0.3) is 0 Å². The molecule has 0 bridgehead atoms. The summed E-state index contributed by atoms with van der Waals surface area (Å²) >= 11 is 8.92. The third kappa shape index (κ3) is 3.66. The maximum atomic E-state index is 5.87. The van der Waals surface area contributed by atoms with E-state index in [0.29, 0.717) is 5.92 Å². The molecule has 0 amide bonds. The lowest BCUT2D eigenvalue weighted by Gasteiger charge is -2.00. The predicted octanol–water partition coefficient (Wildman–Crippen LogP) is 4.03. The summed E-state index contributed by atoms with van der Waals surface area (Å²) in [6.45, 7) is 5.06. The van der Waals surface area contributed by atoms with E-state index in [9.17, 15) is 0 Å².